The molecule has 0 aliphatic heterocycles. The Morgan fingerprint density at radius 3 is 2.36 bits per heavy atom. The van der Waals surface area contributed by atoms with Crippen molar-refractivity contribution < 1.29 is 9.53 Å². The van der Waals surface area contributed by atoms with E-state index in [0.29, 0.717) is 6.61 Å². The Bertz CT molecular complexity index is 160. The lowest BCUT2D eigenvalue weighted by molar-refractivity contribution is -0.137. The van der Waals surface area contributed by atoms with Gasteiger partial charge in [0.2, 0.25) is 0 Å². The lowest BCUT2D eigenvalue weighted by Crippen LogP contribution is -1.97. The van der Waals surface area contributed by atoms with Crippen LogP contribution in [0.4, 0.5) is 0 Å². The van der Waals surface area contributed by atoms with E-state index >= 15 is 0 Å². The number of carbonyl (C=O) groups is 1. The van der Waals surface area contributed by atoms with Crippen LogP contribution in [0.1, 0.15) is 40.0 Å². The smallest absolute Gasteiger partial charge is 0.330 e. The van der Waals surface area contributed by atoms with Crippen molar-refractivity contribution >= 4 is 5.97 Å². The summed E-state index contributed by atoms with van der Waals surface area (Å²) in [5.74, 6) is -0.359. The highest BCUT2D eigenvalue weighted by Crippen LogP contribution is 1.93. The normalized spacial score (nSPS) is 9.07. The van der Waals surface area contributed by atoms with Gasteiger partial charge in [-0.05, 0) is 20.3 Å². The summed E-state index contributed by atoms with van der Waals surface area (Å²) in [7, 11) is 0. The fraction of sp³-hybridized carbons (Fsp3) is 0.583. The van der Waals surface area contributed by atoms with E-state index in [9.17, 15) is 4.79 Å². The van der Waals surface area contributed by atoms with Gasteiger partial charge in [0.1, 0.15) is 0 Å². The molecule has 0 aromatic rings. The molecule has 0 rings (SSSR count). The van der Waals surface area contributed by atoms with Crippen molar-refractivity contribution in [3.63, 3.8) is 0 Å². The molecule has 14 heavy (non-hydrogen) atoms. The molecule has 0 saturated heterocycles. The van der Waals surface area contributed by atoms with E-state index in [1.165, 1.54) is 19.3 Å². The van der Waals surface area contributed by atoms with E-state index in [4.69, 9.17) is 0 Å². The molecule has 0 radical (unpaired) electrons. The topological polar surface area (TPSA) is 26.3 Å². The third-order valence-corrected chi connectivity index (χ3v) is 1.41. The van der Waals surface area contributed by atoms with Gasteiger partial charge in [-0.15, -0.1) is 0 Å². The van der Waals surface area contributed by atoms with Crippen molar-refractivity contribution in [2.75, 3.05) is 6.61 Å². The van der Waals surface area contributed by atoms with E-state index < -0.39 is 0 Å². The summed E-state index contributed by atoms with van der Waals surface area (Å²) in [5, 5.41) is 0. The standard InChI is InChI=1S/C7H14.C5H8O2/c1-3-5-7-6-4-2;1-3-5(6)7-4-2/h3,5H,4,6-7H2,1-2H3;3H,1,4H2,2H3. The van der Waals surface area contributed by atoms with Gasteiger partial charge >= 0.3 is 5.97 Å². The summed E-state index contributed by atoms with van der Waals surface area (Å²) in [6.07, 6.45) is 9.37. The summed E-state index contributed by atoms with van der Waals surface area (Å²) in [6, 6.07) is 0. The van der Waals surface area contributed by atoms with E-state index in [0.717, 1.165) is 6.08 Å². The molecule has 2 heteroatoms. The van der Waals surface area contributed by atoms with Gasteiger partial charge < -0.3 is 4.74 Å². The zero-order valence-electron chi connectivity index (χ0n) is 9.58. The first kappa shape index (κ1) is 15.4. The third-order valence-electron chi connectivity index (χ3n) is 1.41. The van der Waals surface area contributed by atoms with Gasteiger partial charge in [0.25, 0.3) is 0 Å². The molecule has 0 atom stereocenters. The molecule has 0 heterocycles. The quantitative estimate of drug-likeness (QED) is 0.292. The van der Waals surface area contributed by atoms with E-state index in [1.54, 1.807) is 6.92 Å². The molecular weight excluding hydrogens is 176 g/mol. The molecule has 2 nitrogen and oxygen atoms in total. The van der Waals surface area contributed by atoms with Gasteiger partial charge in [-0.3, -0.25) is 0 Å². The molecule has 0 fully saturated rings. The molecule has 0 N–H and O–H groups in total. The van der Waals surface area contributed by atoms with E-state index in [-0.39, 0.29) is 5.97 Å². The number of hydrogen-bond donors (Lipinski definition) is 0. The van der Waals surface area contributed by atoms with Crippen molar-refractivity contribution in [3.8, 4) is 0 Å². The minimum absolute atomic E-state index is 0.359. The van der Waals surface area contributed by atoms with Crippen molar-refractivity contribution in [2.24, 2.45) is 0 Å². The van der Waals surface area contributed by atoms with Gasteiger partial charge in [0.15, 0.2) is 0 Å². The zero-order chi connectivity index (χ0) is 11.2. The Balaban J connectivity index is 0. The minimum atomic E-state index is -0.359. The number of ether oxygens (including phenoxy) is 1. The van der Waals surface area contributed by atoms with Gasteiger partial charge in [-0.25, -0.2) is 4.79 Å². The molecule has 0 saturated carbocycles. The summed E-state index contributed by atoms with van der Waals surface area (Å²) >= 11 is 0. The Morgan fingerprint density at radius 1 is 1.43 bits per heavy atom. The first-order chi connectivity index (χ1) is 6.72. The van der Waals surface area contributed by atoms with Crippen LogP contribution in [0.15, 0.2) is 24.8 Å². The summed E-state index contributed by atoms with van der Waals surface area (Å²) in [4.78, 5) is 10.1. The van der Waals surface area contributed by atoms with Gasteiger partial charge in [0, 0.05) is 6.08 Å². The highest BCUT2D eigenvalue weighted by atomic mass is 16.5. The average Bonchev–Trinajstić information content (AvgIpc) is 2.20. The maximum atomic E-state index is 10.1. The highest BCUT2D eigenvalue weighted by Gasteiger charge is 1.86. The largest absolute Gasteiger partial charge is 0.463 e. The summed E-state index contributed by atoms with van der Waals surface area (Å²) in [5.41, 5.74) is 0. The maximum absolute atomic E-state index is 10.1. The SMILES string of the molecule is C=CC(=O)OCC.CC=CCCCC. The van der Waals surface area contributed by atoms with Crippen LogP contribution < -0.4 is 0 Å². The maximum Gasteiger partial charge on any atom is 0.330 e. The number of carbonyl (C=O) groups excluding carboxylic acids is 1. The van der Waals surface area contributed by atoms with Crippen molar-refractivity contribution in [3.05, 3.63) is 24.8 Å². The van der Waals surface area contributed by atoms with Gasteiger partial charge in [0.05, 0.1) is 6.61 Å². The van der Waals surface area contributed by atoms with Crippen molar-refractivity contribution in [2.45, 2.75) is 40.0 Å². The lowest BCUT2D eigenvalue weighted by Gasteiger charge is -1.90. The van der Waals surface area contributed by atoms with Crippen LogP contribution in [0.2, 0.25) is 0 Å². The highest BCUT2D eigenvalue weighted by molar-refractivity contribution is 5.81. The molecule has 0 amide bonds. The molecule has 0 aliphatic rings. The van der Waals surface area contributed by atoms with E-state index in [2.05, 4.69) is 37.3 Å². The molecule has 0 spiro atoms. The molecular formula is C12H22O2. The second kappa shape index (κ2) is 14.5. The Morgan fingerprint density at radius 2 is 2.07 bits per heavy atom. The monoisotopic (exact) mass is 198 g/mol. The lowest BCUT2D eigenvalue weighted by atomic mass is 10.2. The molecule has 82 valence electrons. The second-order valence-electron chi connectivity index (χ2n) is 2.67. The number of rotatable bonds is 5. The first-order valence-electron chi connectivity index (χ1n) is 5.13. The average molecular weight is 198 g/mol. The third kappa shape index (κ3) is 17.2. The van der Waals surface area contributed by atoms with Crippen LogP contribution in [-0.4, -0.2) is 12.6 Å². The molecule has 0 unspecified atom stereocenters. The predicted molar refractivity (Wildman–Crippen MR) is 61.2 cm³/mol. The van der Waals surface area contributed by atoms with Crippen LogP contribution in [0.25, 0.3) is 0 Å². The second-order valence-corrected chi connectivity index (χ2v) is 2.67. The minimum Gasteiger partial charge on any atom is -0.463 e. The number of esters is 1. The van der Waals surface area contributed by atoms with Gasteiger partial charge in [-0.1, -0.05) is 38.5 Å². The Kier molecular flexibility index (Phi) is 15.9. The van der Waals surface area contributed by atoms with Crippen LogP contribution in [-0.2, 0) is 9.53 Å². The van der Waals surface area contributed by atoms with Crippen LogP contribution in [0.3, 0.4) is 0 Å². The predicted octanol–water partition coefficient (Wildman–Crippen LogP) is 3.49. The Labute approximate surface area is 87.7 Å². The molecule has 0 bridgehead atoms. The number of hydrogen-bond acceptors (Lipinski definition) is 2. The van der Waals surface area contributed by atoms with Crippen LogP contribution in [0, 0.1) is 0 Å². The Hall–Kier alpha value is -1.05. The molecule has 0 aromatic heterocycles. The van der Waals surface area contributed by atoms with Gasteiger partial charge in [-0.2, -0.15) is 0 Å². The fourth-order valence-electron chi connectivity index (χ4n) is 0.690. The van der Waals surface area contributed by atoms with E-state index in [1.807, 2.05) is 0 Å². The summed E-state index contributed by atoms with van der Waals surface area (Å²) in [6.45, 7) is 9.65. The number of unbranched alkanes of at least 4 members (excludes halogenated alkanes) is 2. The fourth-order valence-corrected chi connectivity index (χ4v) is 0.690. The van der Waals surface area contributed by atoms with Crippen LogP contribution >= 0.6 is 0 Å². The van der Waals surface area contributed by atoms with Crippen LogP contribution in [0.5, 0.6) is 0 Å². The molecule has 0 aliphatic carbocycles. The summed E-state index contributed by atoms with van der Waals surface area (Å²) < 4.78 is 4.43. The first-order valence-corrected chi connectivity index (χ1v) is 5.13. The van der Waals surface area contributed by atoms with Crippen molar-refractivity contribution in [1.82, 2.24) is 0 Å². The zero-order valence-corrected chi connectivity index (χ0v) is 9.58. The van der Waals surface area contributed by atoms with Crippen molar-refractivity contribution in [1.29, 1.82) is 0 Å². The number of allylic oxidation sites excluding steroid dienone is 2. The molecule has 0 aromatic carbocycles.